The minimum Gasteiger partial charge on any atom is -0.494 e. The van der Waals surface area contributed by atoms with E-state index < -0.39 is 0 Å². The first-order valence-electron chi connectivity index (χ1n) is 11.6. The third kappa shape index (κ3) is 5.47. The van der Waals surface area contributed by atoms with Crippen molar-refractivity contribution in [3.05, 3.63) is 67.5 Å². The van der Waals surface area contributed by atoms with E-state index in [1.54, 1.807) is 13.3 Å². The zero-order chi connectivity index (χ0) is 25.7. The maximum Gasteiger partial charge on any atom is 0.247 e. The normalized spacial score (nSPS) is 10.9. The Labute approximate surface area is 210 Å². The Bertz CT molecular complexity index is 1370. The molecule has 0 radical (unpaired) electrons. The molecule has 2 heterocycles. The van der Waals surface area contributed by atoms with Gasteiger partial charge in [0, 0.05) is 49.5 Å². The average Bonchev–Trinajstić information content (AvgIpc) is 3.29. The molecule has 0 spiro atoms. The number of likely N-dealkylation sites (N-methyl/N-ethyl adjacent to an activating group) is 2. The number of anilines is 4. The number of ether oxygens (including phenoxy) is 1. The van der Waals surface area contributed by atoms with Crippen molar-refractivity contribution >= 4 is 39.7 Å². The van der Waals surface area contributed by atoms with Gasteiger partial charge in [0.05, 0.1) is 29.7 Å². The molecule has 2 aromatic heterocycles. The van der Waals surface area contributed by atoms with Crippen LogP contribution in [0.2, 0.25) is 0 Å². The minimum atomic E-state index is -0.290. The number of hydrogen-bond acceptors (Lipinski definition) is 7. The number of aromatic amines is 1. The van der Waals surface area contributed by atoms with Gasteiger partial charge in [0.1, 0.15) is 5.75 Å². The number of methoxy groups -OCH3 is 1. The lowest BCUT2D eigenvalue weighted by Gasteiger charge is -2.26. The second-order valence-electron chi connectivity index (χ2n) is 8.69. The molecule has 186 valence electrons. The highest BCUT2D eigenvalue weighted by Crippen LogP contribution is 2.39. The van der Waals surface area contributed by atoms with E-state index in [4.69, 9.17) is 4.74 Å². The molecule has 0 aliphatic rings. The van der Waals surface area contributed by atoms with Crippen molar-refractivity contribution in [3.8, 4) is 16.9 Å². The van der Waals surface area contributed by atoms with Crippen LogP contribution in [0.1, 0.15) is 0 Å². The van der Waals surface area contributed by atoms with Gasteiger partial charge in [-0.1, -0.05) is 18.7 Å². The van der Waals surface area contributed by atoms with E-state index in [0.29, 0.717) is 22.9 Å². The van der Waals surface area contributed by atoms with E-state index in [1.807, 2.05) is 69.8 Å². The number of nitrogens with one attached hydrogen (secondary N) is 3. The standard InChI is InChI=1S/C27H31N7O2/c1-6-26(35)29-22-15-23(25(36-5)16-24(22)34(4)13-12-33(2)3)30-27-20-10-9-18(14-21(20)31-32-27)19-8-7-11-28-17-19/h6-11,14-17H,1,12-13H2,2-5H3,(H,29,35)(H2,30,31,32). The van der Waals surface area contributed by atoms with E-state index in [2.05, 4.69) is 42.2 Å². The molecule has 9 nitrogen and oxygen atoms in total. The lowest BCUT2D eigenvalue weighted by molar-refractivity contribution is -0.111. The highest BCUT2D eigenvalue weighted by Gasteiger charge is 2.17. The van der Waals surface area contributed by atoms with Crippen molar-refractivity contribution in [3.63, 3.8) is 0 Å². The number of nitrogens with zero attached hydrogens (tertiary/aromatic N) is 4. The summed E-state index contributed by atoms with van der Waals surface area (Å²) < 4.78 is 5.71. The summed E-state index contributed by atoms with van der Waals surface area (Å²) in [5.41, 5.74) is 5.11. The number of carbonyl (C=O) groups excluding carboxylic acids is 1. The summed E-state index contributed by atoms with van der Waals surface area (Å²) in [4.78, 5) is 20.6. The summed E-state index contributed by atoms with van der Waals surface area (Å²) in [6.07, 6.45) is 4.84. The van der Waals surface area contributed by atoms with Gasteiger partial charge in [0.15, 0.2) is 5.82 Å². The smallest absolute Gasteiger partial charge is 0.247 e. The van der Waals surface area contributed by atoms with Crippen molar-refractivity contribution in [1.29, 1.82) is 0 Å². The van der Waals surface area contributed by atoms with E-state index in [-0.39, 0.29) is 5.91 Å². The predicted octanol–water partition coefficient (Wildman–Crippen LogP) is 4.50. The average molecular weight is 486 g/mol. The van der Waals surface area contributed by atoms with Crippen LogP contribution in [-0.2, 0) is 4.79 Å². The first-order valence-corrected chi connectivity index (χ1v) is 11.6. The topological polar surface area (TPSA) is 98.4 Å². The van der Waals surface area contributed by atoms with Crippen molar-refractivity contribution in [2.75, 3.05) is 56.9 Å². The lowest BCUT2D eigenvalue weighted by Crippen LogP contribution is -2.29. The van der Waals surface area contributed by atoms with Crippen molar-refractivity contribution in [2.45, 2.75) is 0 Å². The number of hydrogen-bond donors (Lipinski definition) is 3. The zero-order valence-electron chi connectivity index (χ0n) is 21.0. The Morgan fingerprint density at radius 1 is 1.11 bits per heavy atom. The summed E-state index contributed by atoms with van der Waals surface area (Å²) in [6.45, 7) is 5.20. The largest absolute Gasteiger partial charge is 0.494 e. The van der Waals surface area contributed by atoms with Gasteiger partial charge in [0.2, 0.25) is 5.91 Å². The fourth-order valence-corrected chi connectivity index (χ4v) is 3.86. The van der Waals surface area contributed by atoms with Gasteiger partial charge in [-0.3, -0.25) is 14.9 Å². The Balaban J connectivity index is 1.69. The molecule has 0 unspecified atom stereocenters. The fourth-order valence-electron chi connectivity index (χ4n) is 3.86. The second kappa shape index (κ2) is 10.9. The third-order valence-electron chi connectivity index (χ3n) is 5.87. The quantitative estimate of drug-likeness (QED) is 0.285. The number of carbonyl (C=O) groups is 1. The van der Waals surface area contributed by atoms with E-state index in [1.165, 1.54) is 6.08 Å². The first-order chi connectivity index (χ1) is 17.4. The van der Waals surface area contributed by atoms with E-state index >= 15 is 0 Å². The molecule has 4 aromatic rings. The molecule has 0 bridgehead atoms. The van der Waals surface area contributed by atoms with E-state index in [0.717, 1.165) is 40.8 Å². The highest BCUT2D eigenvalue weighted by molar-refractivity contribution is 6.02. The highest BCUT2D eigenvalue weighted by atomic mass is 16.5. The molecule has 0 aliphatic heterocycles. The molecule has 0 aliphatic carbocycles. The lowest BCUT2D eigenvalue weighted by atomic mass is 10.1. The van der Waals surface area contributed by atoms with Crippen LogP contribution in [-0.4, -0.2) is 67.3 Å². The number of aromatic nitrogens is 3. The first kappa shape index (κ1) is 24.7. The fraction of sp³-hybridized carbons (Fsp3) is 0.222. The summed E-state index contributed by atoms with van der Waals surface area (Å²) >= 11 is 0. The molecular weight excluding hydrogens is 454 g/mol. The molecule has 2 aromatic carbocycles. The SMILES string of the molecule is C=CC(=O)Nc1cc(Nc2n[nH]c3cc(-c4cccnc4)ccc23)c(OC)cc1N(C)CCN(C)C. The van der Waals surface area contributed by atoms with Crippen LogP contribution >= 0.6 is 0 Å². The van der Waals surface area contributed by atoms with Crippen molar-refractivity contribution in [1.82, 2.24) is 20.1 Å². The molecule has 1 amide bonds. The van der Waals surface area contributed by atoms with Gasteiger partial charge in [-0.25, -0.2) is 0 Å². The summed E-state index contributed by atoms with van der Waals surface area (Å²) in [6, 6.07) is 13.8. The number of H-pyrrole nitrogens is 1. The van der Waals surface area contributed by atoms with Crippen LogP contribution in [0.15, 0.2) is 67.5 Å². The number of fused-ring (bicyclic) bond motifs is 1. The van der Waals surface area contributed by atoms with Crippen molar-refractivity contribution in [2.24, 2.45) is 0 Å². The molecule has 36 heavy (non-hydrogen) atoms. The Morgan fingerprint density at radius 3 is 2.64 bits per heavy atom. The molecule has 4 rings (SSSR count). The van der Waals surface area contributed by atoms with Crippen LogP contribution in [0.5, 0.6) is 5.75 Å². The summed E-state index contributed by atoms with van der Waals surface area (Å²) in [5.74, 6) is 0.985. The van der Waals surface area contributed by atoms with Crippen LogP contribution in [0.25, 0.3) is 22.0 Å². The molecule has 0 saturated heterocycles. The molecular formula is C27H31N7O2. The van der Waals surface area contributed by atoms with Gasteiger partial charge < -0.3 is 25.2 Å². The minimum absolute atomic E-state index is 0.290. The van der Waals surface area contributed by atoms with Crippen LogP contribution in [0, 0.1) is 0 Å². The maximum absolute atomic E-state index is 12.2. The number of pyridine rings is 1. The number of benzene rings is 2. The maximum atomic E-state index is 12.2. The Kier molecular flexibility index (Phi) is 7.50. The molecule has 0 atom stereocenters. The van der Waals surface area contributed by atoms with Gasteiger partial charge in [-0.05, 0) is 50.0 Å². The second-order valence-corrected chi connectivity index (χ2v) is 8.69. The number of amides is 1. The van der Waals surface area contributed by atoms with Gasteiger partial charge in [-0.2, -0.15) is 5.10 Å². The summed E-state index contributed by atoms with van der Waals surface area (Å²) in [5, 5.41) is 14.8. The molecule has 0 fully saturated rings. The Morgan fingerprint density at radius 2 is 1.94 bits per heavy atom. The number of rotatable bonds is 10. The van der Waals surface area contributed by atoms with E-state index in [9.17, 15) is 4.79 Å². The monoisotopic (exact) mass is 485 g/mol. The van der Waals surface area contributed by atoms with Crippen molar-refractivity contribution < 1.29 is 9.53 Å². The van der Waals surface area contributed by atoms with Crippen LogP contribution < -0.4 is 20.3 Å². The molecule has 9 heteroatoms. The van der Waals surface area contributed by atoms with Crippen LogP contribution in [0.3, 0.4) is 0 Å². The summed E-state index contributed by atoms with van der Waals surface area (Å²) in [7, 11) is 7.65. The molecule has 0 saturated carbocycles. The molecule has 3 N–H and O–H groups in total. The van der Waals surface area contributed by atoms with Gasteiger partial charge in [-0.15, -0.1) is 0 Å². The van der Waals surface area contributed by atoms with Gasteiger partial charge in [0.25, 0.3) is 0 Å². The van der Waals surface area contributed by atoms with Gasteiger partial charge >= 0.3 is 0 Å². The third-order valence-corrected chi connectivity index (χ3v) is 5.87. The Hall–Kier alpha value is -4.37. The predicted molar refractivity (Wildman–Crippen MR) is 146 cm³/mol. The van der Waals surface area contributed by atoms with Crippen LogP contribution in [0.4, 0.5) is 22.9 Å². The zero-order valence-corrected chi connectivity index (χ0v) is 21.0.